The summed E-state index contributed by atoms with van der Waals surface area (Å²) < 4.78 is 29.0. The molecule has 1 heterocycles. The van der Waals surface area contributed by atoms with Crippen LogP contribution in [0.3, 0.4) is 0 Å². The standard InChI is InChI=1S/C26H38N2O5S/c1-5-7-14-26(6-2)18-28(20-11-9-8-10-12-20)22-16-21(27(3)4)23(33-15-13-25(29)30)17-24(22)34(31,32)19-26/h8-12,16-17,31-32H,5-7,13-15,18-19H2,1-4H3,(H,29,30). The summed E-state index contributed by atoms with van der Waals surface area (Å²) >= 11 is 0. The van der Waals surface area contributed by atoms with Crippen LogP contribution in [-0.2, 0) is 4.79 Å². The maximum Gasteiger partial charge on any atom is 0.306 e. The molecule has 0 fully saturated rings. The van der Waals surface area contributed by atoms with Crippen molar-refractivity contribution < 1.29 is 23.7 Å². The van der Waals surface area contributed by atoms with Crippen molar-refractivity contribution in [1.82, 2.24) is 0 Å². The van der Waals surface area contributed by atoms with Crippen LogP contribution in [0.5, 0.6) is 5.75 Å². The Bertz CT molecular complexity index is 983. The molecule has 3 N–H and O–H groups in total. The number of ether oxygens (including phenoxy) is 1. The van der Waals surface area contributed by atoms with Gasteiger partial charge in [0.15, 0.2) is 0 Å². The fourth-order valence-corrected chi connectivity index (χ4v) is 6.88. The lowest BCUT2D eigenvalue weighted by atomic mass is 9.81. The lowest BCUT2D eigenvalue weighted by Gasteiger charge is -2.41. The first-order valence-electron chi connectivity index (χ1n) is 11.9. The van der Waals surface area contributed by atoms with Crippen LogP contribution in [0, 0.1) is 5.41 Å². The smallest absolute Gasteiger partial charge is 0.306 e. The summed E-state index contributed by atoms with van der Waals surface area (Å²) in [6.45, 7) is 4.98. The Kier molecular flexibility index (Phi) is 8.38. The summed E-state index contributed by atoms with van der Waals surface area (Å²) in [6, 6.07) is 13.7. The van der Waals surface area contributed by atoms with E-state index in [0.29, 0.717) is 22.9 Å². The number of rotatable bonds is 10. The minimum atomic E-state index is -3.13. The molecule has 0 saturated heterocycles. The molecule has 1 unspecified atom stereocenters. The van der Waals surface area contributed by atoms with E-state index < -0.39 is 16.6 Å². The number of benzene rings is 2. The van der Waals surface area contributed by atoms with Gasteiger partial charge in [-0.3, -0.25) is 13.9 Å². The van der Waals surface area contributed by atoms with E-state index in [1.54, 1.807) is 6.07 Å². The van der Waals surface area contributed by atoms with E-state index in [4.69, 9.17) is 9.84 Å². The largest absolute Gasteiger partial charge is 0.491 e. The summed E-state index contributed by atoms with van der Waals surface area (Å²) in [5.74, 6) is -0.192. The van der Waals surface area contributed by atoms with Gasteiger partial charge in [-0.2, -0.15) is 10.6 Å². The Labute approximate surface area is 204 Å². The molecule has 0 amide bonds. The number of hydrogen-bond donors (Lipinski definition) is 3. The van der Waals surface area contributed by atoms with Crippen LogP contribution in [0.15, 0.2) is 47.4 Å². The highest BCUT2D eigenvalue weighted by Crippen LogP contribution is 2.62. The van der Waals surface area contributed by atoms with E-state index in [2.05, 4.69) is 18.7 Å². The van der Waals surface area contributed by atoms with Crippen LogP contribution in [0.2, 0.25) is 0 Å². The van der Waals surface area contributed by atoms with E-state index >= 15 is 0 Å². The van der Waals surface area contributed by atoms with Crippen molar-refractivity contribution in [1.29, 1.82) is 0 Å². The molecule has 0 radical (unpaired) electrons. The molecule has 2 aromatic carbocycles. The average Bonchev–Trinajstić information content (AvgIpc) is 2.90. The average molecular weight is 491 g/mol. The zero-order valence-corrected chi connectivity index (χ0v) is 21.5. The second kappa shape index (κ2) is 10.9. The normalized spacial score (nSPS) is 20.2. The van der Waals surface area contributed by atoms with Crippen molar-refractivity contribution >= 4 is 33.6 Å². The van der Waals surface area contributed by atoms with E-state index in [0.717, 1.165) is 42.7 Å². The third-order valence-electron chi connectivity index (χ3n) is 6.62. The SMILES string of the molecule is CCCCC1(CC)CN(c2ccccc2)c2cc(N(C)C)c(OCCC(=O)O)cc2S(O)(O)C1. The van der Waals surface area contributed by atoms with Crippen molar-refractivity contribution in [3.63, 3.8) is 0 Å². The van der Waals surface area contributed by atoms with E-state index in [-0.39, 0.29) is 18.4 Å². The number of fused-ring (bicyclic) bond motifs is 1. The maximum absolute atomic E-state index is 11.6. The van der Waals surface area contributed by atoms with Crippen LogP contribution >= 0.6 is 10.6 Å². The molecule has 0 bridgehead atoms. The molecule has 0 aliphatic carbocycles. The van der Waals surface area contributed by atoms with Gasteiger partial charge in [0.05, 0.1) is 29.3 Å². The molecule has 8 heteroatoms. The zero-order valence-electron chi connectivity index (χ0n) is 20.7. The first kappa shape index (κ1) is 26.2. The summed E-state index contributed by atoms with van der Waals surface area (Å²) in [5.41, 5.74) is 2.26. The van der Waals surface area contributed by atoms with Crippen LogP contribution in [-0.4, -0.2) is 53.2 Å². The third kappa shape index (κ3) is 5.79. The summed E-state index contributed by atoms with van der Waals surface area (Å²) in [5, 5.41) is 9.03. The molecular weight excluding hydrogens is 452 g/mol. The van der Waals surface area contributed by atoms with E-state index in [1.165, 1.54) is 0 Å². The number of para-hydroxylation sites is 1. The second-order valence-corrected chi connectivity index (χ2v) is 11.4. The number of carbonyl (C=O) groups is 1. The molecule has 0 aromatic heterocycles. The molecule has 188 valence electrons. The van der Waals surface area contributed by atoms with Gasteiger partial charge in [0.1, 0.15) is 5.75 Å². The topological polar surface area (TPSA) is 93.5 Å². The number of hydrogen-bond acceptors (Lipinski definition) is 6. The number of nitrogens with zero attached hydrogens (tertiary/aromatic N) is 2. The summed E-state index contributed by atoms with van der Waals surface area (Å²) in [4.78, 5) is 15.6. The molecular formula is C26H38N2O5S. The van der Waals surface area contributed by atoms with Gasteiger partial charge in [-0.1, -0.05) is 44.9 Å². The summed E-state index contributed by atoms with van der Waals surface area (Å²) in [7, 11) is 0.655. The molecule has 34 heavy (non-hydrogen) atoms. The fraction of sp³-hybridized carbons (Fsp3) is 0.500. The minimum Gasteiger partial charge on any atom is -0.491 e. The minimum absolute atomic E-state index is 0.00590. The molecule has 1 aliphatic heterocycles. The van der Waals surface area contributed by atoms with Crippen molar-refractivity contribution in [3.8, 4) is 5.75 Å². The van der Waals surface area contributed by atoms with Crippen molar-refractivity contribution in [3.05, 3.63) is 42.5 Å². The van der Waals surface area contributed by atoms with Crippen molar-refractivity contribution in [2.24, 2.45) is 5.41 Å². The number of carboxylic acid groups (broad SMARTS) is 1. The lowest BCUT2D eigenvalue weighted by Crippen LogP contribution is -2.37. The first-order chi connectivity index (χ1) is 16.1. The Balaban J connectivity index is 2.20. The first-order valence-corrected chi connectivity index (χ1v) is 13.6. The molecule has 0 spiro atoms. The number of carboxylic acids is 1. The Morgan fingerprint density at radius 1 is 1.18 bits per heavy atom. The Morgan fingerprint density at radius 3 is 2.47 bits per heavy atom. The number of anilines is 3. The molecule has 7 nitrogen and oxygen atoms in total. The van der Waals surface area contributed by atoms with Gasteiger partial charge in [-0.05, 0) is 31.0 Å². The van der Waals surface area contributed by atoms with E-state index in [9.17, 15) is 13.9 Å². The highest BCUT2D eigenvalue weighted by molar-refractivity contribution is 8.24. The third-order valence-corrected chi connectivity index (χ3v) is 8.66. The van der Waals surface area contributed by atoms with Crippen LogP contribution < -0.4 is 14.5 Å². The zero-order chi connectivity index (χ0) is 24.9. The van der Waals surface area contributed by atoms with Crippen molar-refractivity contribution in [2.45, 2.75) is 50.8 Å². The molecule has 2 aromatic rings. The van der Waals surface area contributed by atoms with Crippen LogP contribution in [0.25, 0.3) is 0 Å². The number of aliphatic carboxylic acids is 1. The van der Waals surface area contributed by atoms with E-state index in [1.807, 2.05) is 55.4 Å². The van der Waals surface area contributed by atoms with Gasteiger partial charge < -0.3 is 19.6 Å². The number of unbranched alkanes of at least 4 members (excludes halogenated alkanes) is 1. The molecule has 3 rings (SSSR count). The predicted octanol–water partition coefficient (Wildman–Crippen LogP) is 6.45. The quantitative estimate of drug-likeness (QED) is 0.352. The van der Waals surface area contributed by atoms with Crippen LogP contribution in [0.4, 0.5) is 17.1 Å². The van der Waals surface area contributed by atoms with Gasteiger partial charge in [-0.25, -0.2) is 0 Å². The highest BCUT2D eigenvalue weighted by atomic mass is 32.3. The molecule has 1 aliphatic rings. The monoisotopic (exact) mass is 490 g/mol. The Hall–Kier alpha value is -2.42. The molecule has 1 atom stereocenters. The van der Waals surface area contributed by atoms with Gasteiger partial charge in [0.2, 0.25) is 0 Å². The molecule has 0 saturated carbocycles. The van der Waals surface area contributed by atoms with Gasteiger partial charge in [0, 0.05) is 43.6 Å². The van der Waals surface area contributed by atoms with Gasteiger partial charge in [-0.15, -0.1) is 0 Å². The Morgan fingerprint density at radius 2 is 1.88 bits per heavy atom. The maximum atomic E-state index is 11.6. The second-order valence-electron chi connectivity index (χ2n) is 9.36. The van der Waals surface area contributed by atoms with Gasteiger partial charge in [0.25, 0.3) is 0 Å². The van der Waals surface area contributed by atoms with Crippen molar-refractivity contribution in [2.75, 3.05) is 42.8 Å². The lowest BCUT2D eigenvalue weighted by molar-refractivity contribution is -0.137. The van der Waals surface area contributed by atoms with Crippen LogP contribution in [0.1, 0.15) is 46.0 Å². The predicted molar refractivity (Wildman–Crippen MR) is 140 cm³/mol. The highest BCUT2D eigenvalue weighted by Gasteiger charge is 2.42. The fourth-order valence-electron chi connectivity index (χ4n) is 4.63. The van der Waals surface area contributed by atoms with Gasteiger partial charge >= 0.3 is 5.97 Å². The summed E-state index contributed by atoms with van der Waals surface area (Å²) in [6.07, 6.45) is 3.69.